The van der Waals surface area contributed by atoms with E-state index in [4.69, 9.17) is 0 Å². The van der Waals surface area contributed by atoms with Crippen molar-refractivity contribution in [1.29, 1.82) is 0 Å². The molecule has 0 amide bonds. The van der Waals surface area contributed by atoms with Crippen LogP contribution in [0, 0.1) is 12.3 Å². The highest BCUT2D eigenvalue weighted by Gasteiger charge is 2.21. The largest absolute Gasteiger partial charge is 0.260 e. The average Bonchev–Trinajstić information content (AvgIpc) is 2.56. The van der Waals surface area contributed by atoms with E-state index in [0.29, 0.717) is 11.3 Å². The Morgan fingerprint density at radius 2 is 2.00 bits per heavy atom. The Balaban J connectivity index is 2.11. The molecule has 1 aromatic rings. The predicted octanol–water partition coefficient (Wildman–Crippen LogP) is 4.62. The quantitative estimate of drug-likeness (QED) is 0.682. The van der Waals surface area contributed by atoms with Gasteiger partial charge in [-0.15, -0.1) is 0 Å². The highest BCUT2D eigenvalue weighted by atomic mass is 14.8. The van der Waals surface area contributed by atoms with Gasteiger partial charge < -0.3 is 0 Å². The van der Waals surface area contributed by atoms with Crippen LogP contribution in [-0.4, -0.2) is 6.21 Å². The molecular formula is C15H21N. The Morgan fingerprint density at radius 1 is 1.25 bits per heavy atom. The summed E-state index contributed by atoms with van der Waals surface area (Å²) in [5.41, 5.74) is 4.35. The summed E-state index contributed by atoms with van der Waals surface area (Å²) < 4.78 is 0. The second kappa shape index (κ2) is 4.04. The zero-order chi connectivity index (χ0) is 11.8. The predicted molar refractivity (Wildman–Crippen MR) is 70.8 cm³/mol. The van der Waals surface area contributed by atoms with Crippen molar-refractivity contribution in [2.75, 3.05) is 0 Å². The maximum atomic E-state index is 4.50. The van der Waals surface area contributed by atoms with Crippen LogP contribution in [-0.2, 0) is 0 Å². The minimum atomic E-state index is 0.417. The maximum Gasteiger partial charge on any atom is 0.0664 e. The summed E-state index contributed by atoms with van der Waals surface area (Å²) in [5.74, 6) is 0.536. The maximum absolute atomic E-state index is 4.50. The summed E-state index contributed by atoms with van der Waals surface area (Å²) in [6.45, 7) is 9.06. The first-order valence-corrected chi connectivity index (χ1v) is 6.10. The summed E-state index contributed by atoms with van der Waals surface area (Å²) in [6, 6.07) is 6.57. The summed E-state index contributed by atoms with van der Waals surface area (Å²) in [4.78, 5) is 4.50. The van der Waals surface area contributed by atoms with Crippen LogP contribution in [0.4, 0.5) is 5.69 Å². The lowest BCUT2D eigenvalue weighted by Crippen LogP contribution is -2.08. The lowest BCUT2D eigenvalue weighted by molar-refractivity contribution is 0.362. The van der Waals surface area contributed by atoms with Crippen LogP contribution < -0.4 is 0 Å². The second-order valence-corrected chi connectivity index (χ2v) is 6.05. The fraction of sp³-hybridized carbons (Fsp3) is 0.533. The Bertz CT molecular complexity index is 410. The van der Waals surface area contributed by atoms with Gasteiger partial charge in [0.25, 0.3) is 0 Å². The van der Waals surface area contributed by atoms with Gasteiger partial charge in [-0.2, -0.15) is 0 Å². The lowest BCUT2D eigenvalue weighted by atomic mass is 9.85. The number of hydrogen-bond acceptors (Lipinski definition) is 1. The standard InChI is InChI=1S/C15H21N/c1-11-5-6-14-13(9-11)12(10-16-14)7-8-15(2,3)4/h5-6,9-10,12H,7-8H2,1-4H3. The van der Waals surface area contributed by atoms with Crippen molar-refractivity contribution >= 4 is 11.9 Å². The van der Waals surface area contributed by atoms with Gasteiger partial charge in [0.15, 0.2) is 0 Å². The number of aliphatic imine (C=N–C) groups is 1. The number of benzene rings is 1. The molecule has 2 rings (SSSR count). The molecule has 1 aliphatic heterocycles. The monoisotopic (exact) mass is 215 g/mol. The van der Waals surface area contributed by atoms with Crippen LogP contribution >= 0.6 is 0 Å². The van der Waals surface area contributed by atoms with Crippen molar-refractivity contribution < 1.29 is 0 Å². The van der Waals surface area contributed by atoms with Crippen LogP contribution in [0.15, 0.2) is 23.2 Å². The van der Waals surface area contributed by atoms with E-state index in [-0.39, 0.29) is 0 Å². The fourth-order valence-corrected chi connectivity index (χ4v) is 2.16. The van der Waals surface area contributed by atoms with E-state index in [1.54, 1.807) is 0 Å². The fourth-order valence-electron chi connectivity index (χ4n) is 2.16. The van der Waals surface area contributed by atoms with E-state index in [2.05, 4.69) is 57.1 Å². The molecule has 1 aromatic carbocycles. The number of hydrogen-bond donors (Lipinski definition) is 0. The van der Waals surface area contributed by atoms with Crippen molar-refractivity contribution in [2.45, 2.75) is 46.5 Å². The molecule has 1 aliphatic rings. The molecule has 0 saturated heterocycles. The van der Waals surface area contributed by atoms with Gasteiger partial charge in [-0.1, -0.05) is 38.5 Å². The first-order chi connectivity index (χ1) is 7.46. The van der Waals surface area contributed by atoms with Gasteiger partial charge in [0, 0.05) is 12.1 Å². The molecule has 0 N–H and O–H groups in total. The highest BCUT2D eigenvalue weighted by Crippen LogP contribution is 2.37. The van der Waals surface area contributed by atoms with Gasteiger partial charge in [0.05, 0.1) is 5.69 Å². The van der Waals surface area contributed by atoms with Crippen LogP contribution in [0.25, 0.3) is 0 Å². The van der Waals surface area contributed by atoms with Crippen LogP contribution in [0.5, 0.6) is 0 Å². The molecule has 0 saturated carbocycles. The topological polar surface area (TPSA) is 12.4 Å². The molecule has 0 bridgehead atoms. The van der Waals surface area contributed by atoms with E-state index in [0.717, 1.165) is 0 Å². The van der Waals surface area contributed by atoms with E-state index >= 15 is 0 Å². The summed E-state index contributed by atoms with van der Waals surface area (Å²) in [6.07, 6.45) is 4.58. The van der Waals surface area contributed by atoms with E-state index < -0.39 is 0 Å². The Hall–Kier alpha value is -1.11. The smallest absolute Gasteiger partial charge is 0.0664 e. The number of nitrogens with zero attached hydrogens (tertiary/aromatic N) is 1. The van der Waals surface area contributed by atoms with Gasteiger partial charge in [-0.05, 0) is 36.8 Å². The van der Waals surface area contributed by atoms with Gasteiger partial charge in [-0.25, -0.2) is 0 Å². The summed E-state index contributed by atoms with van der Waals surface area (Å²) in [7, 11) is 0. The SMILES string of the molecule is Cc1ccc2c(c1)C(CCC(C)(C)C)C=N2. The first kappa shape index (κ1) is 11.4. The molecular weight excluding hydrogens is 194 g/mol. The number of fused-ring (bicyclic) bond motifs is 1. The van der Waals surface area contributed by atoms with Crippen molar-refractivity contribution in [3.05, 3.63) is 29.3 Å². The molecule has 1 nitrogen and oxygen atoms in total. The first-order valence-electron chi connectivity index (χ1n) is 6.10. The minimum absolute atomic E-state index is 0.417. The molecule has 0 spiro atoms. The molecule has 1 unspecified atom stereocenters. The third kappa shape index (κ3) is 2.52. The van der Waals surface area contributed by atoms with Crippen LogP contribution in [0.1, 0.15) is 50.7 Å². The summed E-state index contributed by atoms with van der Waals surface area (Å²) >= 11 is 0. The van der Waals surface area contributed by atoms with Crippen molar-refractivity contribution in [3.8, 4) is 0 Å². The van der Waals surface area contributed by atoms with Crippen molar-refractivity contribution in [3.63, 3.8) is 0 Å². The molecule has 0 aliphatic carbocycles. The third-order valence-corrected chi connectivity index (χ3v) is 3.18. The van der Waals surface area contributed by atoms with Gasteiger partial charge in [0.1, 0.15) is 0 Å². The molecule has 0 fully saturated rings. The van der Waals surface area contributed by atoms with Crippen molar-refractivity contribution in [1.82, 2.24) is 0 Å². The van der Waals surface area contributed by atoms with Crippen molar-refractivity contribution in [2.24, 2.45) is 10.4 Å². The Morgan fingerprint density at radius 3 is 2.69 bits per heavy atom. The Labute approximate surface area is 98.6 Å². The molecule has 0 aromatic heterocycles. The third-order valence-electron chi connectivity index (χ3n) is 3.18. The zero-order valence-electron chi connectivity index (χ0n) is 10.7. The van der Waals surface area contributed by atoms with E-state index in [9.17, 15) is 0 Å². The molecule has 16 heavy (non-hydrogen) atoms. The second-order valence-electron chi connectivity index (χ2n) is 6.05. The van der Waals surface area contributed by atoms with E-state index in [1.807, 2.05) is 0 Å². The van der Waals surface area contributed by atoms with Crippen LogP contribution in [0.2, 0.25) is 0 Å². The molecule has 86 valence electrons. The summed E-state index contributed by atoms with van der Waals surface area (Å²) in [5, 5.41) is 0. The average molecular weight is 215 g/mol. The zero-order valence-corrected chi connectivity index (χ0v) is 10.7. The highest BCUT2D eigenvalue weighted by molar-refractivity contribution is 5.80. The van der Waals surface area contributed by atoms with Gasteiger partial charge in [-0.3, -0.25) is 4.99 Å². The number of aryl methyl sites for hydroxylation is 1. The molecule has 1 heterocycles. The molecule has 1 heteroatoms. The number of rotatable bonds is 2. The van der Waals surface area contributed by atoms with Gasteiger partial charge in [0.2, 0.25) is 0 Å². The Kier molecular flexibility index (Phi) is 2.88. The lowest BCUT2D eigenvalue weighted by Gasteiger charge is -2.20. The normalized spacial score (nSPS) is 18.9. The van der Waals surface area contributed by atoms with Gasteiger partial charge >= 0.3 is 0 Å². The molecule has 1 atom stereocenters. The van der Waals surface area contributed by atoms with Crippen LogP contribution in [0.3, 0.4) is 0 Å². The minimum Gasteiger partial charge on any atom is -0.260 e. The molecule has 0 radical (unpaired) electrons. The van der Waals surface area contributed by atoms with E-state index in [1.165, 1.54) is 29.7 Å².